The van der Waals surface area contributed by atoms with Gasteiger partial charge in [0.1, 0.15) is 6.04 Å². The van der Waals surface area contributed by atoms with Crippen LogP contribution in [0.2, 0.25) is 0 Å². The molecule has 9 heteroatoms. The van der Waals surface area contributed by atoms with Gasteiger partial charge in [0.15, 0.2) is 20.7 Å². The Morgan fingerprint density at radius 3 is 2.63 bits per heavy atom. The van der Waals surface area contributed by atoms with E-state index in [1.54, 1.807) is 17.7 Å². The monoisotopic (exact) mass is 391 g/mol. The number of nitrogens with one attached hydrogen (secondary N) is 1. The van der Waals surface area contributed by atoms with Crippen LogP contribution < -0.4 is 5.32 Å². The molecule has 1 atom stereocenters. The standard InChI is InChI=1S/C18H25N5O3S/c1-3-27(25,26)17-11-23(12-21-17)15(8-14-6-4-5-7-14)18(24)22-16-10-19-13(2)9-20-16/h9-12,14-15H,3-8H2,1-2H3,(H,20,22,24)/t15-/m0/s1. The maximum absolute atomic E-state index is 12.9. The second kappa shape index (κ2) is 8.16. The molecule has 3 rings (SSSR count). The van der Waals surface area contributed by atoms with Crippen molar-refractivity contribution in [3.8, 4) is 0 Å². The maximum Gasteiger partial charge on any atom is 0.248 e. The van der Waals surface area contributed by atoms with Gasteiger partial charge in [-0.3, -0.25) is 9.78 Å². The number of nitrogens with zero attached hydrogens (tertiary/aromatic N) is 4. The predicted octanol–water partition coefficient (Wildman–Crippen LogP) is 2.54. The fraction of sp³-hybridized carbons (Fsp3) is 0.556. The van der Waals surface area contributed by atoms with Gasteiger partial charge in [-0.25, -0.2) is 18.4 Å². The quantitative estimate of drug-likeness (QED) is 0.777. The molecule has 0 unspecified atom stereocenters. The van der Waals surface area contributed by atoms with Crippen LogP contribution in [0.4, 0.5) is 5.82 Å². The summed E-state index contributed by atoms with van der Waals surface area (Å²) in [6.45, 7) is 3.40. The molecule has 2 aromatic heterocycles. The minimum absolute atomic E-state index is 0.00403. The van der Waals surface area contributed by atoms with Crippen molar-refractivity contribution in [1.82, 2.24) is 19.5 Å². The average Bonchev–Trinajstić information content (AvgIpc) is 3.33. The van der Waals surface area contributed by atoms with Gasteiger partial charge in [0.2, 0.25) is 5.91 Å². The molecule has 1 fully saturated rings. The number of anilines is 1. The molecule has 0 saturated heterocycles. The Morgan fingerprint density at radius 1 is 1.26 bits per heavy atom. The van der Waals surface area contributed by atoms with E-state index >= 15 is 0 Å². The Morgan fingerprint density at radius 2 is 2.00 bits per heavy atom. The summed E-state index contributed by atoms with van der Waals surface area (Å²) in [7, 11) is -3.41. The lowest BCUT2D eigenvalue weighted by molar-refractivity contribution is -0.119. The van der Waals surface area contributed by atoms with Crippen molar-refractivity contribution in [3.05, 3.63) is 30.6 Å². The zero-order valence-corrected chi connectivity index (χ0v) is 16.4. The van der Waals surface area contributed by atoms with Gasteiger partial charge in [-0.1, -0.05) is 32.6 Å². The van der Waals surface area contributed by atoms with E-state index in [-0.39, 0.29) is 16.7 Å². The van der Waals surface area contributed by atoms with Crippen LogP contribution in [-0.2, 0) is 14.6 Å². The summed E-state index contributed by atoms with van der Waals surface area (Å²) in [6, 6.07) is -0.537. The first kappa shape index (κ1) is 19.5. The lowest BCUT2D eigenvalue weighted by Gasteiger charge is -2.21. The highest BCUT2D eigenvalue weighted by Crippen LogP contribution is 2.32. The zero-order valence-electron chi connectivity index (χ0n) is 15.6. The molecule has 2 heterocycles. The number of aromatic nitrogens is 4. The van der Waals surface area contributed by atoms with Crippen LogP contribution in [-0.4, -0.2) is 39.6 Å². The average molecular weight is 391 g/mol. The Kier molecular flexibility index (Phi) is 5.88. The summed E-state index contributed by atoms with van der Waals surface area (Å²) in [6.07, 6.45) is 11.1. The number of rotatable bonds is 7. The van der Waals surface area contributed by atoms with Crippen molar-refractivity contribution in [2.24, 2.45) is 5.92 Å². The molecule has 0 aliphatic heterocycles. The first-order valence-corrected chi connectivity index (χ1v) is 10.9. The van der Waals surface area contributed by atoms with Gasteiger partial charge in [-0.15, -0.1) is 0 Å². The fourth-order valence-corrected chi connectivity index (χ4v) is 4.18. The van der Waals surface area contributed by atoms with E-state index < -0.39 is 15.9 Å². The lowest BCUT2D eigenvalue weighted by Crippen LogP contribution is -2.27. The largest absolute Gasteiger partial charge is 0.324 e. The number of carbonyl (C=O) groups is 1. The Bertz CT molecular complexity index is 886. The summed E-state index contributed by atoms with van der Waals surface area (Å²) in [4.78, 5) is 25.3. The van der Waals surface area contributed by atoms with E-state index in [1.807, 2.05) is 6.92 Å². The molecule has 1 aliphatic carbocycles. The number of carbonyl (C=O) groups excluding carboxylic acids is 1. The normalized spacial score (nSPS) is 16.4. The highest BCUT2D eigenvalue weighted by Gasteiger charge is 2.28. The Balaban J connectivity index is 1.83. The van der Waals surface area contributed by atoms with E-state index in [0.29, 0.717) is 18.2 Å². The van der Waals surface area contributed by atoms with Crippen LogP contribution in [0.25, 0.3) is 0 Å². The molecule has 0 radical (unpaired) electrons. The third-order valence-electron chi connectivity index (χ3n) is 5.00. The van der Waals surface area contributed by atoms with Gasteiger partial charge in [0.25, 0.3) is 0 Å². The Labute approximate surface area is 159 Å². The van der Waals surface area contributed by atoms with Crippen molar-refractivity contribution < 1.29 is 13.2 Å². The maximum atomic E-state index is 12.9. The summed E-state index contributed by atoms with van der Waals surface area (Å²) < 4.78 is 25.8. The topological polar surface area (TPSA) is 107 Å². The van der Waals surface area contributed by atoms with Gasteiger partial charge in [0, 0.05) is 6.20 Å². The summed E-state index contributed by atoms with van der Waals surface area (Å²) in [5, 5.41) is 2.80. The number of imidazole rings is 1. The molecule has 1 amide bonds. The predicted molar refractivity (Wildman–Crippen MR) is 101 cm³/mol. The first-order valence-electron chi connectivity index (χ1n) is 9.25. The molecule has 0 aromatic carbocycles. The molecular formula is C18H25N5O3S. The SMILES string of the molecule is CCS(=O)(=O)c1cn([C@@H](CC2CCCC2)C(=O)Nc2cnc(C)cn2)cn1. The van der Waals surface area contributed by atoms with Crippen molar-refractivity contribution in [2.45, 2.75) is 57.0 Å². The molecule has 27 heavy (non-hydrogen) atoms. The molecule has 0 spiro atoms. The van der Waals surface area contributed by atoms with Gasteiger partial charge in [0.05, 0.1) is 30.2 Å². The van der Waals surface area contributed by atoms with Gasteiger partial charge in [-0.05, 0) is 19.3 Å². The van der Waals surface area contributed by atoms with Crippen LogP contribution in [0.3, 0.4) is 0 Å². The van der Waals surface area contributed by atoms with Crippen molar-refractivity contribution >= 4 is 21.6 Å². The molecule has 1 N–H and O–H groups in total. The van der Waals surface area contributed by atoms with Gasteiger partial charge < -0.3 is 9.88 Å². The fourth-order valence-electron chi connectivity index (χ4n) is 3.39. The molecule has 146 valence electrons. The minimum atomic E-state index is -3.41. The van der Waals surface area contributed by atoms with E-state index in [9.17, 15) is 13.2 Å². The molecule has 1 aliphatic rings. The Hall–Kier alpha value is -2.29. The van der Waals surface area contributed by atoms with Crippen LogP contribution in [0, 0.1) is 12.8 Å². The number of hydrogen-bond donors (Lipinski definition) is 1. The second-order valence-corrected chi connectivity index (χ2v) is 9.22. The van der Waals surface area contributed by atoms with E-state index in [2.05, 4.69) is 20.3 Å². The zero-order chi connectivity index (χ0) is 19.4. The number of hydrogen-bond acceptors (Lipinski definition) is 6. The van der Waals surface area contributed by atoms with Crippen LogP contribution in [0.1, 0.15) is 50.8 Å². The summed E-state index contributed by atoms with van der Waals surface area (Å²) >= 11 is 0. The first-order chi connectivity index (χ1) is 12.9. The third kappa shape index (κ3) is 4.71. The third-order valence-corrected chi connectivity index (χ3v) is 6.61. The molecule has 0 bridgehead atoms. The minimum Gasteiger partial charge on any atom is -0.324 e. The van der Waals surface area contributed by atoms with E-state index in [1.165, 1.54) is 31.6 Å². The smallest absolute Gasteiger partial charge is 0.248 e. The summed E-state index contributed by atoms with van der Waals surface area (Å²) in [5.41, 5.74) is 0.763. The van der Waals surface area contributed by atoms with Crippen LogP contribution >= 0.6 is 0 Å². The van der Waals surface area contributed by atoms with E-state index in [4.69, 9.17) is 0 Å². The lowest BCUT2D eigenvalue weighted by atomic mass is 9.97. The molecule has 2 aromatic rings. The van der Waals surface area contributed by atoms with E-state index in [0.717, 1.165) is 18.5 Å². The van der Waals surface area contributed by atoms with Crippen LogP contribution in [0.5, 0.6) is 0 Å². The molecular weight excluding hydrogens is 366 g/mol. The number of aryl methyl sites for hydroxylation is 1. The highest BCUT2D eigenvalue weighted by molar-refractivity contribution is 7.91. The van der Waals surface area contributed by atoms with Crippen LogP contribution in [0.15, 0.2) is 29.9 Å². The number of sulfone groups is 1. The van der Waals surface area contributed by atoms with Crippen molar-refractivity contribution in [3.63, 3.8) is 0 Å². The van der Waals surface area contributed by atoms with Gasteiger partial charge in [-0.2, -0.15) is 0 Å². The van der Waals surface area contributed by atoms with Gasteiger partial charge >= 0.3 is 0 Å². The second-order valence-electron chi connectivity index (χ2n) is 7.00. The van der Waals surface area contributed by atoms with Crippen molar-refractivity contribution in [1.29, 1.82) is 0 Å². The highest BCUT2D eigenvalue weighted by atomic mass is 32.2. The van der Waals surface area contributed by atoms with Crippen molar-refractivity contribution in [2.75, 3.05) is 11.1 Å². The summed E-state index contributed by atoms with van der Waals surface area (Å²) in [5.74, 6) is 0.558. The molecule has 8 nitrogen and oxygen atoms in total. The number of amides is 1. The molecule has 1 saturated carbocycles.